The van der Waals surface area contributed by atoms with Crippen LogP contribution in [0.3, 0.4) is 0 Å². The van der Waals surface area contributed by atoms with Crippen LogP contribution in [0.4, 0.5) is 4.79 Å². The van der Waals surface area contributed by atoms with E-state index in [0.717, 1.165) is 10.7 Å². The number of aryl methyl sites for hydroxylation is 1. The van der Waals surface area contributed by atoms with E-state index in [1.165, 1.54) is 11.8 Å². The molecule has 2 aromatic rings. The number of amides is 2. The third-order valence-corrected chi connectivity index (χ3v) is 5.75. The zero-order valence-corrected chi connectivity index (χ0v) is 18.8. The van der Waals surface area contributed by atoms with E-state index in [2.05, 4.69) is 15.6 Å². The van der Waals surface area contributed by atoms with Gasteiger partial charge in [-0.25, -0.2) is 19.4 Å². The third-order valence-electron chi connectivity index (χ3n) is 4.75. The van der Waals surface area contributed by atoms with E-state index < -0.39 is 12.0 Å². The number of ether oxygens (including phenoxy) is 2. The fourth-order valence-corrected chi connectivity index (χ4v) is 4.44. The van der Waals surface area contributed by atoms with Gasteiger partial charge in [0.1, 0.15) is 0 Å². The smallest absolute Gasteiger partial charge is 0.338 e. The van der Waals surface area contributed by atoms with E-state index >= 15 is 0 Å². The normalized spacial score (nSPS) is 16.1. The summed E-state index contributed by atoms with van der Waals surface area (Å²) in [7, 11) is 0. The molecule has 9 nitrogen and oxygen atoms in total. The second-order valence-corrected chi connectivity index (χ2v) is 7.73. The monoisotopic (exact) mass is 446 g/mol. The van der Waals surface area contributed by atoms with Crippen molar-refractivity contribution in [2.75, 3.05) is 19.0 Å². The molecule has 3 rings (SSSR count). The number of hydrogen-bond acceptors (Lipinski definition) is 7. The van der Waals surface area contributed by atoms with Crippen molar-refractivity contribution in [2.45, 2.75) is 45.4 Å². The second kappa shape index (κ2) is 9.86. The van der Waals surface area contributed by atoms with Gasteiger partial charge in [-0.15, -0.1) is 0 Å². The number of nitrogens with zero attached hydrogens (tertiary/aromatic N) is 2. The van der Waals surface area contributed by atoms with Gasteiger partial charge >= 0.3 is 18.0 Å². The Kier molecular flexibility index (Phi) is 7.21. The lowest BCUT2D eigenvalue weighted by Crippen LogP contribution is -2.49. The maximum absolute atomic E-state index is 12.4. The second-order valence-electron chi connectivity index (χ2n) is 6.78. The molecular weight excluding hydrogens is 420 g/mol. The van der Waals surface area contributed by atoms with Crippen LogP contribution in [-0.4, -0.2) is 52.5 Å². The molecule has 1 atom stereocenters. The van der Waals surface area contributed by atoms with Crippen molar-refractivity contribution in [3.05, 3.63) is 35.0 Å². The molecule has 1 aromatic heterocycles. The molecule has 2 N–H and O–H groups in total. The van der Waals surface area contributed by atoms with Crippen LogP contribution in [0.5, 0.6) is 0 Å². The number of rotatable bonds is 8. The highest BCUT2D eigenvalue weighted by Crippen LogP contribution is 2.28. The quantitative estimate of drug-likeness (QED) is 0.474. The number of thioether (sulfide) groups is 1. The minimum atomic E-state index is -0.458. The van der Waals surface area contributed by atoms with Gasteiger partial charge in [-0.05, 0) is 45.9 Å². The van der Waals surface area contributed by atoms with E-state index in [4.69, 9.17) is 9.47 Å². The zero-order chi connectivity index (χ0) is 22.5. The average Bonchev–Trinajstić information content (AvgIpc) is 3.08. The lowest BCUT2D eigenvalue weighted by molar-refractivity contribution is -0.138. The van der Waals surface area contributed by atoms with E-state index in [-0.39, 0.29) is 18.6 Å². The number of fused-ring (bicyclic) bond motifs is 1. The molecule has 10 heteroatoms. The largest absolute Gasteiger partial charge is 0.463 e. The van der Waals surface area contributed by atoms with Crippen LogP contribution in [0.15, 0.2) is 34.6 Å². The fourth-order valence-electron chi connectivity index (χ4n) is 3.39. The number of imidazole rings is 1. The highest BCUT2D eigenvalue weighted by Gasteiger charge is 2.30. The number of benzene rings is 1. The van der Waals surface area contributed by atoms with Crippen LogP contribution in [0.25, 0.3) is 11.0 Å². The van der Waals surface area contributed by atoms with Gasteiger partial charge in [0, 0.05) is 18.0 Å². The van der Waals surface area contributed by atoms with Gasteiger partial charge in [0.05, 0.1) is 41.4 Å². The number of nitrogens with one attached hydrogen (secondary N) is 2. The van der Waals surface area contributed by atoms with E-state index in [1.54, 1.807) is 32.9 Å². The van der Waals surface area contributed by atoms with Gasteiger partial charge < -0.3 is 24.7 Å². The Morgan fingerprint density at radius 1 is 1.16 bits per heavy atom. The molecule has 0 spiro atoms. The van der Waals surface area contributed by atoms with Crippen molar-refractivity contribution < 1.29 is 23.9 Å². The Bertz CT molecular complexity index is 1050. The highest BCUT2D eigenvalue weighted by atomic mass is 32.2. The first-order chi connectivity index (χ1) is 14.9. The lowest BCUT2D eigenvalue weighted by Gasteiger charge is -2.26. The van der Waals surface area contributed by atoms with Crippen molar-refractivity contribution in [3.8, 4) is 0 Å². The maximum atomic E-state index is 12.4. The van der Waals surface area contributed by atoms with Crippen LogP contribution >= 0.6 is 11.8 Å². The molecule has 0 unspecified atom stereocenters. The van der Waals surface area contributed by atoms with E-state index in [9.17, 15) is 14.4 Å². The number of carbonyl (C=O) groups is 3. The predicted octanol–water partition coefficient (Wildman–Crippen LogP) is 2.84. The lowest BCUT2D eigenvalue weighted by atomic mass is 10.1. The molecule has 1 aliphatic rings. The number of aromatic nitrogens is 2. The topological polar surface area (TPSA) is 112 Å². The number of urea groups is 1. The Hall–Kier alpha value is -3.01. The van der Waals surface area contributed by atoms with Crippen molar-refractivity contribution >= 4 is 40.8 Å². The van der Waals surface area contributed by atoms with Crippen LogP contribution < -0.4 is 10.6 Å². The summed E-state index contributed by atoms with van der Waals surface area (Å²) in [5, 5.41) is 6.13. The first-order valence-electron chi connectivity index (χ1n) is 10.2. The standard InChI is InChI=1S/C21H26N4O5S/c1-5-25-16-9-8-13(18(26)29-6-2)10-14(16)24-21(25)31-11-15-17(19(27)30-7-3)12(4)22-20(28)23-15/h8-10,12H,5-7,11H2,1-4H3,(H2,22,23,28)/t12-/m1/s1. The molecule has 1 aromatic carbocycles. The average molecular weight is 447 g/mol. The highest BCUT2D eigenvalue weighted by molar-refractivity contribution is 7.99. The van der Waals surface area contributed by atoms with Crippen molar-refractivity contribution in [3.63, 3.8) is 0 Å². The van der Waals surface area contributed by atoms with E-state index in [0.29, 0.717) is 41.3 Å². The van der Waals surface area contributed by atoms with Gasteiger partial charge in [0.2, 0.25) is 0 Å². The number of esters is 2. The van der Waals surface area contributed by atoms with Gasteiger partial charge in [-0.3, -0.25) is 0 Å². The van der Waals surface area contributed by atoms with Gasteiger partial charge in [0.25, 0.3) is 0 Å². The summed E-state index contributed by atoms with van der Waals surface area (Å²) in [6.45, 7) is 8.47. The first kappa shape index (κ1) is 22.7. The molecule has 0 bridgehead atoms. The SMILES string of the molecule is CCOC(=O)C1=C(CSc2nc3cc(C(=O)OCC)ccc3n2CC)NC(=O)N[C@@H]1C. The summed E-state index contributed by atoms with van der Waals surface area (Å²) in [6.07, 6.45) is 0. The molecule has 0 aliphatic carbocycles. The maximum Gasteiger partial charge on any atom is 0.338 e. The van der Waals surface area contributed by atoms with Gasteiger partial charge in [-0.2, -0.15) is 0 Å². The molecule has 166 valence electrons. The van der Waals surface area contributed by atoms with Crippen LogP contribution in [0.2, 0.25) is 0 Å². The minimum Gasteiger partial charge on any atom is -0.463 e. The van der Waals surface area contributed by atoms with Gasteiger partial charge in [0.15, 0.2) is 5.16 Å². The van der Waals surface area contributed by atoms with Crippen LogP contribution in [-0.2, 0) is 20.8 Å². The molecule has 31 heavy (non-hydrogen) atoms. The molecule has 0 saturated heterocycles. The predicted molar refractivity (Wildman–Crippen MR) is 117 cm³/mol. The summed E-state index contributed by atoms with van der Waals surface area (Å²) in [6, 6.07) is 4.46. The molecule has 0 radical (unpaired) electrons. The zero-order valence-electron chi connectivity index (χ0n) is 18.0. The van der Waals surface area contributed by atoms with Gasteiger partial charge in [-0.1, -0.05) is 11.8 Å². The first-order valence-corrected chi connectivity index (χ1v) is 11.2. The Balaban J connectivity index is 1.91. The van der Waals surface area contributed by atoms with Crippen LogP contribution in [0.1, 0.15) is 38.1 Å². The Morgan fingerprint density at radius 3 is 2.55 bits per heavy atom. The molecular formula is C21H26N4O5S. The summed E-state index contributed by atoms with van der Waals surface area (Å²) in [5.74, 6) is -0.513. The summed E-state index contributed by atoms with van der Waals surface area (Å²) in [4.78, 5) is 41.1. The summed E-state index contributed by atoms with van der Waals surface area (Å²) < 4.78 is 12.2. The van der Waals surface area contributed by atoms with E-state index in [1.807, 2.05) is 17.6 Å². The summed E-state index contributed by atoms with van der Waals surface area (Å²) in [5.41, 5.74) is 2.91. The molecule has 2 heterocycles. The number of carbonyl (C=O) groups excluding carboxylic acids is 3. The minimum absolute atomic E-state index is 0.248. The van der Waals surface area contributed by atoms with Crippen molar-refractivity contribution in [1.29, 1.82) is 0 Å². The number of hydrogen-bond donors (Lipinski definition) is 2. The molecule has 1 aliphatic heterocycles. The fraction of sp³-hybridized carbons (Fsp3) is 0.429. The third kappa shape index (κ3) is 4.84. The van der Waals surface area contributed by atoms with Crippen molar-refractivity contribution in [2.24, 2.45) is 0 Å². The summed E-state index contributed by atoms with van der Waals surface area (Å²) >= 11 is 1.40. The molecule has 0 saturated carbocycles. The molecule has 0 fully saturated rings. The Morgan fingerprint density at radius 2 is 1.87 bits per heavy atom. The Labute approximate surface area is 184 Å². The van der Waals surface area contributed by atoms with Crippen molar-refractivity contribution in [1.82, 2.24) is 20.2 Å². The van der Waals surface area contributed by atoms with Crippen LogP contribution in [0, 0.1) is 0 Å². The molecule has 2 amide bonds.